The second kappa shape index (κ2) is 6.63. The molecule has 4 heteroatoms. The number of furan rings is 2. The molecule has 1 spiro atoms. The minimum atomic E-state index is -0.911. The van der Waals surface area contributed by atoms with E-state index in [9.17, 15) is 4.79 Å². The Morgan fingerprint density at radius 1 is 0.829 bits per heavy atom. The molecule has 35 heavy (non-hydrogen) atoms. The first-order chi connectivity index (χ1) is 17.2. The van der Waals surface area contributed by atoms with Crippen molar-refractivity contribution in [3.8, 4) is 0 Å². The summed E-state index contributed by atoms with van der Waals surface area (Å²) in [5, 5.41) is 2.08. The van der Waals surface area contributed by atoms with Crippen LogP contribution in [0.25, 0.3) is 39.2 Å². The molecule has 5 aromatic rings. The number of hydrogen-bond donors (Lipinski definition) is 0. The third-order valence-corrected chi connectivity index (χ3v) is 7.83. The van der Waals surface area contributed by atoms with Gasteiger partial charge in [-0.25, -0.2) is 0 Å². The molecule has 2 aromatic heterocycles. The lowest BCUT2D eigenvalue weighted by Crippen LogP contribution is -2.48. The van der Waals surface area contributed by atoms with Gasteiger partial charge in [-0.1, -0.05) is 66.7 Å². The maximum atomic E-state index is 13.7. The van der Waals surface area contributed by atoms with Gasteiger partial charge in [-0.2, -0.15) is 0 Å². The molecule has 168 valence electrons. The zero-order valence-electron chi connectivity index (χ0n) is 18.7. The van der Waals surface area contributed by atoms with Gasteiger partial charge >= 0.3 is 5.97 Å². The fourth-order valence-electron chi connectivity index (χ4n) is 6.29. The van der Waals surface area contributed by atoms with E-state index in [2.05, 4.69) is 18.2 Å². The van der Waals surface area contributed by atoms with Gasteiger partial charge in [0.2, 0.25) is 0 Å². The summed E-state index contributed by atoms with van der Waals surface area (Å²) in [5.74, 6) is 1.32. The zero-order valence-corrected chi connectivity index (χ0v) is 18.7. The molecule has 2 aliphatic heterocycles. The number of carbonyl (C=O) groups is 1. The molecule has 0 N–H and O–H groups in total. The molecule has 1 saturated heterocycles. The van der Waals surface area contributed by atoms with Crippen molar-refractivity contribution in [1.29, 1.82) is 0 Å². The van der Waals surface area contributed by atoms with E-state index in [1.54, 1.807) is 0 Å². The van der Waals surface area contributed by atoms with Crippen LogP contribution in [0.4, 0.5) is 0 Å². The van der Waals surface area contributed by atoms with Crippen molar-refractivity contribution in [2.45, 2.75) is 18.4 Å². The fourth-order valence-corrected chi connectivity index (χ4v) is 6.29. The smallest absolute Gasteiger partial charge is 0.321 e. The largest absolute Gasteiger partial charge is 0.457 e. The van der Waals surface area contributed by atoms with Crippen LogP contribution in [0.3, 0.4) is 0 Å². The van der Waals surface area contributed by atoms with Gasteiger partial charge in [0.15, 0.2) is 0 Å². The van der Waals surface area contributed by atoms with Crippen LogP contribution in [0.2, 0.25) is 0 Å². The second-order valence-corrected chi connectivity index (χ2v) is 9.63. The monoisotopic (exact) mass is 456 g/mol. The molecule has 0 unspecified atom stereocenters. The summed E-state index contributed by atoms with van der Waals surface area (Å²) in [7, 11) is 0. The second-order valence-electron chi connectivity index (χ2n) is 9.63. The molecule has 0 radical (unpaired) electrons. The van der Waals surface area contributed by atoms with Gasteiger partial charge in [0.1, 0.15) is 34.2 Å². The lowest BCUT2D eigenvalue weighted by molar-refractivity contribution is -0.161. The quantitative estimate of drug-likeness (QED) is 0.263. The first-order valence-electron chi connectivity index (χ1n) is 11.9. The van der Waals surface area contributed by atoms with Crippen molar-refractivity contribution in [3.05, 3.63) is 114 Å². The highest BCUT2D eigenvalue weighted by atomic mass is 16.5. The summed E-state index contributed by atoms with van der Waals surface area (Å²) >= 11 is 0. The first kappa shape index (κ1) is 19.0. The highest BCUT2D eigenvalue weighted by molar-refractivity contribution is 6.09. The Balaban J connectivity index is 1.37. The van der Waals surface area contributed by atoms with Crippen LogP contribution >= 0.6 is 0 Å². The summed E-state index contributed by atoms with van der Waals surface area (Å²) in [6.07, 6.45) is 4.54. The fraction of sp³-hybridized carbons (Fsp3) is 0.129. The summed E-state index contributed by atoms with van der Waals surface area (Å²) in [4.78, 5) is 13.7. The Labute approximate surface area is 201 Å². The molecular formula is C31H20O4. The maximum Gasteiger partial charge on any atom is 0.321 e. The molecule has 0 saturated carbocycles. The first-order valence-corrected chi connectivity index (χ1v) is 11.9. The van der Waals surface area contributed by atoms with E-state index in [-0.39, 0.29) is 18.0 Å². The number of esters is 1. The average molecular weight is 456 g/mol. The Morgan fingerprint density at radius 2 is 1.54 bits per heavy atom. The predicted molar refractivity (Wildman–Crippen MR) is 134 cm³/mol. The van der Waals surface area contributed by atoms with Crippen molar-refractivity contribution in [2.24, 2.45) is 5.41 Å². The van der Waals surface area contributed by atoms with Gasteiger partial charge in [0.05, 0.1) is 0 Å². The molecule has 3 atom stereocenters. The zero-order chi connectivity index (χ0) is 23.1. The number of benzene rings is 3. The van der Waals surface area contributed by atoms with Crippen LogP contribution < -0.4 is 0 Å². The molecule has 2 bridgehead atoms. The Morgan fingerprint density at radius 3 is 2.34 bits per heavy atom. The van der Waals surface area contributed by atoms with E-state index in [4.69, 9.17) is 13.6 Å². The minimum Gasteiger partial charge on any atom is -0.457 e. The highest BCUT2D eigenvalue weighted by Gasteiger charge is 2.62. The number of fused-ring (bicyclic) bond motifs is 4. The summed E-state index contributed by atoms with van der Waals surface area (Å²) in [6, 6.07) is 28.3. The van der Waals surface area contributed by atoms with E-state index in [1.165, 1.54) is 5.56 Å². The van der Waals surface area contributed by atoms with Crippen LogP contribution in [-0.2, 0) is 9.53 Å². The van der Waals surface area contributed by atoms with E-state index in [1.807, 2.05) is 78.9 Å². The molecule has 3 aromatic carbocycles. The Hall–Kier alpha value is -4.31. The third kappa shape index (κ3) is 2.49. The lowest BCUT2D eigenvalue weighted by Gasteiger charge is -2.45. The number of carbonyl (C=O) groups excluding carboxylic acids is 1. The maximum absolute atomic E-state index is 13.7. The number of hydrogen-bond acceptors (Lipinski definition) is 4. The summed E-state index contributed by atoms with van der Waals surface area (Å²) in [6.45, 7) is 0. The summed E-state index contributed by atoms with van der Waals surface area (Å²) < 4.78 is 18.4. The van der Waals surface area contributed by atoms with Crippen molar-refractivity contribution in [3.63, 3.8) is 0 Å². The van der Waals surface area contributed by atoms with Gasteiger partial charge in [-0.3, -0.25) is 4.79 Å². The lowest BCUT2D eigenvalue weighted by atomic mass is 9.63. The molecule has 9 rings (SSSR count). The van der Waals surface area contributed by atoms with E-state index in [0.29, 0.717) is 0 Å². The Kier molecular flexibility index (Phi) is 3.61. The molecule has 0 amide bonds. The topological polar surface area (TPSA) is 52.6 Å². The molecular weight excluding hydrogens is 436 g/mol. The van der Waals surface area contributed by atoms with Gasteiger partial charge in [-0.05, 0) is 53.5 Å². The third-order valence-electron chi connectivity index (χ3n) is 7.83. The van der Waals surface area contributed by atoms with Gasteiger partial charge in [-0.15, -0.1) is 0 Å². The molecule has 2 aliphatic carbocycles. The van der Waals surface area contributed by atoms with Crippen LogP contribution in [-0.4, -0.2) is 12.1 Å². The predicted octanol–water partition coefficient (Wildman–Crippen LogP) is 7.22. The summed E-state index contributed by atoms with van der Waals surface area (Å²) in [5.41, 5.74) is 4.89. The number of rotatable bonds is 2. The normalized spacial score (nSPS) is 25.7. The molecule has 4 heterocycles. The number of ether oxygens (including phenoxy) is 1. The highest BCUT2D eigenvalue weighted by Crippen LogP contribution is 2.65. The van der Waals surface area contributed by atoms with Crippen LogP contribution in [0.1, 0.15) is 35.0 Å². The van der Waals surface area contributed by atoms with Crippen molar-refractivity contribution < 1.29 is 18.4 Å². The number of para-hydroxylation sites is 2. The molecule has 4 aliphatic rings. The van der Waals surface area contributed by atoms with Gasteiger partial charge in [0, 0.05) is 22.3 Å². The van der Waals surface area contributed by atoms with E-state index < -0.39 is 5.41 Å². The SMILES string of the molecule is O=C1O[C@H]2C[C@@H]3c4ccccc4/C(=C\c4cc5ccccc5o4)[C@@]13C=C2c1cc2ccccc2o1. The van der Waals surface area contributed by atoms with Crippen LogP contribution in [0.5, 0.6) is 0 Å². The molecule has 4 nitrogen and oxygen atoms in total. The average Bonchev–Trinajstić information content (AvgIpc) is 3.57. The van der Waals surface area contributed by atoms with Crippen LogP contribution in [0.15, 0.2) is 99.8 Å². The van der Waals surface area contributed by atoms with Crippen molar-refractivity contribution in [1.82, 2.24) is 0 Å². The minimum absolute atomic E-state index is 0.0220. The van der Waals surface area contributed by atoms with Crippen molar-refractivity contribution in [2.75, 3.05) is 0 Å². The van der Waals surface area contributed by atoms with Crippen molar-refractivity contribution >= 4 is 45.1 Å². The Bertz CT molecular complexity index is 1680. The van der Waals surface area contributed by atoms with Crippen LogP contribution in [0, 0.1) is 5.41 Å². The van der Waals surface area contributed by atoms with Gasteiger partial charge < -0.3 is 13.6 Å². The standard InChI is InChI=1S/C31H20O4/c32-30-31-17-23(28-14-19-8-2-6-12-27(19)34-28)29(35-30)16-25(31)22-10-4-3-9-21(22)24(31)15-20-13-18-7-1-5-11-26(18)33-20/h1-15,17,25,29H,16H2/b24-15+/t25-,29+,31-/m1/s1. The van der Waals surface area contributed by atoms with E-state index >= 15 is 0 Å². The van der Waals surface area contributed by atoms with Gasteiger partial charge in [0.25, 0.3) is 0 Å². The molecule has 1 fully saturated rings. The van der Waals surface area contributed by atoms with E-state index in [0.717, 1.165) is 56.6 Å².